The molecule has 0 aliphatic carbocycles. The van der Waals surface area contributed by atoms with Gasteiger partial charge in [0.05, 0.1) is 0 Å². The zero-order valence-electron chi connectivity index (χ0n) is 14.5. The number of carbonyl (C=O) groups is 1. The highest BCUT2D eigenvalue weighted by Gasteiger charge is 2.22. The number of aliphatic hydroxyl groups excluding tert-OH is 1. The molecular formula is C15H26N2O6S. The van der Waals surface area contributed by atoms with Gasteiger partial charge in [-0.15, -0.1) is 4.31 Å². The van der Waals surface area contributed by atoms with Crippen LogP contribution in [0.5, 0.6) is 0 Å². The number of para-hydroxylation sites is 1. The maximum absolute atomic E-state index is 11.2. The number of benzene rings is 1. The lowest BCUT2D eigenvalue weighted by Gasteiger charge is -2.15. The van der Waals surface area contributed by atoms with Gasteiger partial charge in [0.2, 0.25) is 0 Å². The van der Waals surface area contributed by atoms with E-state index in [2.05, 4.69) is 4.18 Å². The summed E-state index contributed by atoms with van der Waals surface area (Å²) >= 11 is 0. The number of anilines is 1. The summed E-state index contributed by atoms with van der Waals surface area (Å²) in [5.41, 5.74) is 8.92. The van der Waals surface area contributed by atoms with E-state index in [0.717, 1.165) is 27.5 Å². The molecule has 0 aliphatic rings. The molecule has 8 nitrogen and oxygen atoms in total. The molecule has 0 amide bonds. The van der Waals surface area contributed by atoms with Gasteiger partial charge in [-0.25, -0.2) is 4.79 Å². The number of hydrogen-bond acceptors (Lipinski definition) is 7. The SMILES string of the molecule is CCCOCN(C)S(=O)(=O)OC(=O)CO.Cc1cccc(C)c1N. The molecule has 0 bridgehead atoms. The molecule has 1 aromatic carbocycles. The first-order valence-corrected chi connectivity index (χ1v) is 8.71. The lowest BCUT2D eigenvalue weighted by molar-refractivity contribution is -0.137. The molecular weight excluding hydrogens is 336 g/mol. The fourth-order valence-corrected chi connectivity index (χ4v) is 2.06. The van der Waals surface area contributed by atoms with Gasteiger partial charge < -0.3 is 19.8 Å². The van der Waals surface area contributed by atoms with Crippen molar-refractivity contribution < 1.29 is 27.2 Å². The summed E-state index contributed by atoms with van der Waals surface area (Å²) in [5, 5.41) is 8.31. The van der Waals surface area contributed by atoms with Gasteiger partial charge in [0, 0.05) is 19.3 Å². The van der Waals surface area contributed by atoms with Crippen LogP contribution in [0.3, 0.4) is 0 Å². The summed E-state index contributed by atoms with van der Waals surface area (Å²) in [7, 11) is -2.95. The third-order valence-electron chi connectivity index (χ3n) is 2.87. The number of nitrogen functional groups attached to an aromatic ring is 1. The second-order valence-electron chi connectivity index (χ2n) is 5.01. The van der Waals surface area contributed by atoms with E-state index in [1.54, 1.807) is 0 Å². The molecule has 0 radical (unpaired) electrons. The van der Waals surface area contributed by atoms with Crippen LogP contribution in [0, 0.1) is 13.8 Å². The number of hydrogen-bond donors (Lipinski definition) is 2. The first-order valence-electron chi connectivity index (χ1n) is 7.34. The van der Waals surface area contributed by atoms with Gasteiger partial charge in [-0.2, -0.15) is 8.42 Å². The van der Waals surface area contributed by atoms with Crippen molar-refractivity contribution in [3.8, 4) is 0 Å². The second-order valence-corrected chi connectivity index (χ2v) is 6.66. The smallest absolute Gasteiger partial charge is 0.389 e. The monoisotopic (exact) mass is 362 g/mol. The molecule has 0 saturated carbocycles. The maximum atomic E-state index is 11.2. The van der Waals surface area contributed by atoms with E-state index >= 15 is 0 Å². The zero-order chi connectivity index (χ0) is 18.8. The first-order chi connectivity index (χ1) is 11.2. The summed E-state index contributed by atoms with van der Waals surface area (Å²) in [5.74, 6) is -1.22. The fraction of sp³-hybridized carbons (Fsp3) is 0.533. The standard InChI is InChI=1S/C8H11N.C7H15NO6S/c1-6-4-3-5-7(2)8(6)9;1-3-4-13-6-8(2)15(11,12)14-7(10)5-9/h3-5H,9H2,1-2H3;9H,3-6H2,1-2H3. The molecule has 1 rings (SSSR count). The summed E-state index contributed by atoms with van der Waals surface area (Å²) in [6.45, 7) is 5.14. The van der Waals surface area contributed by atoms with Crippen molar-refractivity contribution in [3.05, 3.63) is 29.3 Å². The first kappa shape index (κ1) is 22.3. The van der Waals surface area contributed by atoms with Crippen molar-refractivity contribution in [2.45, 2.75) is 27.2 Å². The Kier molecular flexibility index (Phi) is 10.2. The van der Waals surface area contributed by atoms with Crippen LogP contribution >= 0.6 is 0 Å². The summed E-state index contributed by atoms with van der Waals surface area (Å²) in [6, 6.07) is 6.05. The topological polar surface area (TPSA) is 119 Å². The summed E-state index contributed by atoms with van der Waals surface area (Å²) in [4.78, 5) is 10.5. The minimum absolute atomic E-state index is 0.200. The molecule has 0 aromatic heterocycles. The molecule has 138 valence electrons. The molecule has 9 heteroatoms. The molecule has 0 spiro atoms. The van der Waals surface area contributed by atoms with E-state index < -0.39 is 22.9 Å². The predicted molar refractivity (Wildman–Crippen MR) is 91.3 cm³/mol. The normalized spacial score (nSPS) is 10.9. The highest BCUT2D eigenvalue weighted by Crippen LogP contribution is 2.13. The minimum Gasteiger partial charge on any atom is -0.398 e. The van der Waals surface area contributed by atoms with E-state index in [-0.39, 0.29) is 6.73 Å². The lowest BCUT2D eigenvalue weighted by atomic mass is 10.1. The Morgan fingerprint density at radius 1 is 1.29 bits per heavy atom. The van der Waals surface area contributed by atoms with Crippen molar-refractivity contribution in [3.63, 3.8) is 0 Å². The summed E-state index contributed by atoms with van der Waals surface area (Å²) < 4.78 is 32.1. The van der Waals surface area contributed by atoms with E-state index in [4.69, 9.17) is 15.6 Å². The predicted octanol–water partition coefficient (Wildman–Crippen LogP) is 0.968. The van der Waals surface area contributed by atoms with Crippen LogP contribution in [0.2, 0.25) is 0 Å². The van der Waals surface area contributed by atoms with Gasteiger partial charge in [-0.05, 0) is 31.4 Å². The van der Waals surface area contributed by atoms with Gasteiger partial charge in [0.25, 0.3) is 0 Å². The second kappa shape index (κ2) is 11.0. The summed E-state index contributed by atoms with van der Waals surface area (Å²) in [6.07, 6.45) is 0.754. The number of aryl methyl sites for hydroxylation is 2. The van der Waals surface area contributed by atoms with Gasteiger partial charge in [-0.3, -0.25) is 0 Å². The van der Waals surface area contributed by atoms with Crippen LogP contribution in [0.4, 0.5) is 5.69 Å². The van der Waals surface area contributed by atoms with E-state index in [1.165, 1.54) is 7.05 Å². The van der Waals surface area contributed by atoms with E-state index in [1.807, 2.05) is 39.0 Å². The van der Waals surface area contributed by atoms with Crippen LogP contribution < -0.4 is 5.73 Å². The number of nitrogens with zero attached hydrogens (tertiary/aromatic N) is 1. The van der Waals surface area contributed by atoms with Crippen molar-refractivity contribution in [2.24, 2.45) is 0 Å². The lowest BCUT2D eigenvalue weighted by Crippen LogP contribution is -2.33. The molecule has 0 unspecified atom stereocenters. The third-order valence-corrected chi connectivity index (χ3v) is 4.14. The molecule has 0 atom stereocenters. The average Bonchev–Trinajstić information content (AvgIpc) is 2.52. The van der Waals surface area contributed by atoms with Gasteiger partial charge in [0.1, 0.15) is 13.3 Å². The van der Waals surface area contributed by atoms with Crippen molar-refractivity contribution >= 4 is 22.0 Å². The largest absolute Gasteiger partial charge is 0.398 e. The zero-order valence-corrected chi connectivity index (χ0v) is 15.3. The van der Waals surface area contributed by atoms with Gasteiger partial charge in [0.15, 0.2) is 0 Å². The Balaban J connectivity index is 0.000000496. The maximum Gasteiger partial charge on any atom is 0.389 e. The van der Waals surface area contributed by atoms with Gasteiger partial charge >= 0.3 is 16.3 Å². The average molecular weight is 362 g/mol. The van der Waals surface area contributed by atoms with Crippen LogP contribution in [0.25, 0.3) is 0 Å². The number of aliphatic hydroxyl groups is 1. The molecule has 0 saturated heterocycles. The van der Waals surface area contributed by atoms with Crippen molar-refractivity contribution in [1.29, 1.82) is 0 Å². The Morgan fingerprint density at radius 3 is 2.25 bits per heavy atom. The van der Waals surface area contributed by atoms with Crippen molar-refractivity contribution in [2.75, 3.05) is 32.7 Å². The molecule has 0 aliphatic heterocycles. The Bertz CT molecular complexity index is 598. The molecule has 24 heavy (non-hydrogen) atoms. The quantitative estimate of drug-likeness (QED) is 0.421. The van der Waals surface area contributed by atoms with Crippen LogP contribution in [-0.2, 0) is 24.0 Å². The Morgan fingerprint density at radius 2 is 1.83 bits per heavy atom. The van der Waals surface area contributed by atoms with Crippen molar-refractivity contribution in [1.82, 2.24) is 4.31 Å². The molecule has 1 aromatic rings. The van der Waals surface area contributed by atoms with E-state index in [0.29, 0.717) is 6.61 Å². The highest BCUT2D eigenvalue weighted by atomic mass is 32.2. The minimum atomic E-state index is -4.15. The van der Waals surface area contributed by atoms with Gasteiger partial charge in [-0.1, -0.05) is 25.1 Å². The Labute approximate surface area is 143 Å². The third kappa shape index (κ3) is 8.25. The van der Waals surface area contributed by atoms with E-state index in [9.17, 15) is 13.2 Å². The molecule has 3 N–H and O–H groups in total. The number of rotatable bonds is 7. The highest BCUT2D eigenvalue weighted by molar-refractivity contribution is 7.84. The van der Waals surface area contributed by atoms with Crippen LogP contribution in [-0.4, -0.2) is 50.8 Å². The van der Waals surface area contributed by atoms with Crippen LogP contribution in [0.1, 0.15) is 24.5 Å². The van der Waals surface area contributed by atoms with Crippen LogP contribution in [0.15, 0.2) is 18.2 Å². The molecule has 0 heterocycles. The Hall–Kier alpha value is -1.68. The molecule has 0 fully saturated rings. The fourth-order valence-electron chi connectivity index (χ4n) is 1.44. The number of carbonyl (C=O) groups excluding carboxylic acids is 1. The number of nitrogens with two attached hydrogens (primary N) is 1. The number of ether oxygens (including phenoxy) is 1.